The highest BCUT2D eigenvalue weighted by atomic mass is 32.1. The van der Waals surface area contributed by atoms with Crippen molar-refractivity contribution in [1.29, 1.82) is 0 Å². The summed E-state index contributed by atoms with van der Waals surface area (Å²) in [5.74, 6) is 0.601. The van der Waals surface area contributed by atoms with Gasteiger partial charge in [-0.3, -0.25) is 19.9 Å². The second-order valence-corrected chi connectivity index (χ2v) is 10.6. The third kappa shape index (κ3) is 5.64. The van der Waals surface area contributed by atoms with E-state index in [-0.39, 0.29) is 17.0 Å². The van der Waals surface area contributed by atoms with Gasteiger partial charge in [0.2, 0.25) is 5.91 Å². The number of non-ortho nitro benzene ring substituents is 1. The monoisotopic (exact) mass is 509 g/mol. The number of ether oxygens (including phenoxy) is 1. The van der Waals surface area contributed by atoms with Crippen molar-refractivity contribution >= 4 is 28.1 Å². The number of methoxy groups -OCH3 is 1. The molecular formula is C26H31N5O4S. The molecule has 1 amide bonds. The molecule has 0 unspecified atom stereocenters. The van der Waals surface area contributed by atoms with E-state index < -0.39 is 10.5 Å². The van der Waals surface area contributed by atoms with E-state index in [9.17, 15) is 14.9 Å². The molecule has 2 N–H and O–H groups in total. The van der Waals surface area contributed by atoms with Gasteiger partial charge in [0.1, 0.15) is 11.3 Å². The van der Waals surface area contributed by atoms with Crippen LogP contribution < -0.4 is 15.4 Å². The Kier molecular flexibility index (Phi) is 7.53. The van der Waals surface area contributed by atoms with Crippen molar-refractivity contribution in [2.75, 3.05) is 19.0 Å². The maximum absolute atomic E-state index is 13.3. The highest BCUT2D eigenvalue weighted by Gasteiger charge is 2.37. The summed E-state index contributed by atoms with van der Waals surface area (Å²) in [6, 6.07) is 10.2. The zero-order valence-electron chi connectivity index (χ0n) is 20.7. The van der Waals surface area contributed by atoms with Gasteiger partial charge in [-0.15, -0.1) is 11.3 Å². The summed E-state index contributed by atoms with van der Waals surface area (Å²) in [4.78, 5) is 33.0. The Morgan fingerprint density at radius 1 is 1.17 bits per heavy atom. The van der Waals surface area contributed by atoms with Crippen LogP contribution in [0.3, 0.4) is 0 Å². The molecule has 190 valence electrons. The zero-order chi connectivity index (χ0) is 25.8. The first-order valence-electron chi connectivity index (χ1n) is 12.0. The molecular weight excluding hydrogens is 478 g/mol. The molecule has 0 spiro atoms. The first-order chi connectivity index (χ1) is 17.2. The number of amides is 1. The van der Waals surface area contributed by atoms with Crippen molar-refractivity contribution in [3.05, 3.63) is 63.8 Å². The van der Waals surface area contributed by atoms with E-state index in [4.69, 9.17) is 4.74 Å². The fraction of sp³-hybridized carbons (Fsp3) is 0.423. The fourth-order valence-electron chi connectivity index (χ4n) is 4.58. The standard InChI is InChI=1S/C26H31N5O4S/c1-25(2,30-24-29-21(16-36-24)18-7-9-19(10-8-18)31(33)34)23(32)28-17-26(13-5-4-6-14-26)22-12-11-20(35-3)15-27-22/h7-12,15-16H,4-6,13-14,17H2,1-3H3,(H,28,32)(H,29,30). The van der Waals surface area contributed by atoms with Gasteiger partial charge >= 0.3 is 0 Å². The summed E-state index contributed by atoms with van der Waals surface area (Å²) in [5, 5.41) is 19.8. The first kappa shape index (κ1) is 25.6. The number of nitrogens with zero attached hydrogens (tertiary/aromatic N) is 3. The molecule has 0 bridgehead atoms. The van der Waals surface area contributed by atoms with Crippen molar-refractivity contribution in [2.24, 2.45) is 0 Å². The smallest absolute Gasteiger partial charge is 0.269 e. The van der Waals surface area contributed by atoms with Crippen LogP contribution in [0.2, 0.25) is 0 Å². The van der Waals surface area contributed by atoms with Crippen molar-refractivity contribution < 1.29 is 14.5 Å². The van der Waals surface area contributed by atoms with E-state index in [1.165, 1.54) is 29.9 Å². The molecule has 0 saturated heterocycles. The predicted molar refractivity (Wildman–Crippen MR) is 140 cm³/mol. The number of hydrogen-bond donors (Lipinski definition) is 2. The van der Waals surface area contributed by atoms with Crippen LogP contribution in [0, 0.1) is 10.1 Å². The molecule has 10 heteroatoms. The molecule has 1 fully saturated rings. The molecule has 2 aromatic heterocycles. The van der Waals surface area contributed by atoms with E-state index in [0.717, 1.165) is 42.7 Å². The lowest BCUT2D eigenvalue weighted by Gasteiger charge is -2.38. The van der Waals surface area contributed by atoms with E-state index in [0.29, 0.717) is 17.4 Å². The average Bonchev–Trinajstić information content (AvgIpc) is 3.35. The molecule has 3 aromatic rings. The number of carbonyl (C=O) groups excluding carboxylic acids is 1. The maximum Gasteiger partial charge on any atom is 0.269 e. The summed E-state index contributed by atoms with van der Waals surface area (Å²) in [5.41, 5.74) is 1.40. The SMILES string of the molecule is COc1ccc(C2(CNC(=O)C(C)(C)Nc3nc(-c4ccc([N+](=O)[O-])cc4)cs3)CCCCC2)nc1. The Labute approximate surface area is 214 Å². The van der Waals surface area contributed by atoms with Gasteiger partial charge in [-0.1, -0.05) is 19.3 Å². The minimum absolute atomic E-state index is 0.0331. The molecule has 1 aliphatic rings. The third-order valence-electron chi connectivity index (χ3n) is 6.78. The number of aromatic nitrogens is 2. The highest BCUT2D eigenvalue weighted by Crippen LogP contribution is 2.38. The van der Waals surface area contributed by atoms with E-state index in [1.54, 1.807) is 25.4 Å². The molecule has 1 aliphatic carbocycles. The molecule has 0 radical (unpaired) electrons. The van der Waals surface area contributed by atoms with Gasteiger partial charge in [0.15, 0.2) is 5.13 Å². The number of benzene rings is 1. The lowest BCUT2D eigenvalue weighted by Crippen LogP contribution is -2.52. The largest absolute Gasteiger partial charge is 0.495 e. The molecule has 0 aliphatic heterocycles. The van der Waals surface area contributed by atoms with Crippen LogP contribution in [0.15, 0.2) is 48.0 Å². The van der Waals surface area contributed by atoms with Crippen LogP contribution in [0.4, 0.5) is 10.8 Å². The van der Waals surface area contributed by atoms with Gasteiger partial charge in [-0.25, -0.2) is 4.98 Å². The Morgan fingerprint density at radius 2 is 1.89 bits per heavy atom. The normalized spacial score (nSPS) is 15.2. The average molecular weight is 510 g/mol. The number of anilines is 1. The number of rotatable bonds is 9. The summed E-state index contributed by atoms with van der Waals surface area (Å²) in [7, 11) is 1.62. The molecule has 36 heavy (non-hydrogen) atoms. The molecule has 1 aromatic carbocycles. The number of thiazole rings is 1. The summed E-state index contributed by atoms with van der Waals surface area (Å²) < 4.78 is 5.26. The van der Waals surface area contributed by atoms with Crippen LogP contribution in [0.25, 0.3) is 11.3 Å². The van der Waals surface area contributed by atoms with Gasteiger partial charge in [-0.05, 0) is 51.0 Å². The van der Waals surface area contributed by atoms with Crippen LogP contribution in [-0.2, 0) is 10.2 Å². The third-order valence-corrected chi connectivity index (χ3v) is 7.54. The molecule has 4 rings (SSSR count). The van der Waals surface area contributed by atoms with E-state index in [1.807, 2.05) is 31.4 Å². The molecule has 0 atom stereocenters. The van der Waals surface area contributed by atoms with Crippen LogP contribution in [0.1, 0.15) is 51.6 Å². The lowest BCUT2D eigenvalue weighted by molar-refractivity contribution is -0.384. The maximum atomic E-state index is 13.3. The number of hydrogen-bond acceptors (Lipinski definition) is 8. The Morgan fingerprint density at radius 3 is 2.50 bits per heavy atom. The summed E-state index contributed by atoms with van der Waals surface area (Å²) in [6.45, 7) is 4.17. The lowest BCUT2D eigenvalue weighted by atomic mass is 9.71. The predicted octanol–water partition coefficient (Wildman–Crippen LogP) is 5.33. The summed E-state index contributed by atoms with van der Waals surface area (Å²) >= 11 is 1.39. The van der Waals surface area contributed by atoms with Crippen LogP contribution in [0.5, 0.6) is 5.75 Å². The number of pyridine rings is 1. The molecule has 1 saturated carbocycles. The second kappa shape index (κ2) is 10.6. The fourth-order valence-corrected chi connectivity index (χ4v) is 5.46. The van der Waals surface area contributed by atoms with Gasteiger partial charge < -0.3 is 15.4 Å². The van der Waals surface area contributed by atoms with E-state index in [2.05, 4.69) is 20.6 Å². The molecule has 9 nitrogen and oxygen atoms in total. The highest BCUT2D eigenvalue weighted by molar-refractivity contribution is 7.14. The number of carbonyl (C=O) groups is 1. The second-order valence-electron chi connectivity index (χ2n) is 9.70. The minimum atomic E-state index is -0.895. The Balaban J connectivity index is 1.42. The topological polar surface area (TPSA) is 119 Å². The van der Waals surface area contributed by atoms with Gasteiger partial charge in [0, 0.05) is 40.7 Å². The van der Waals surface area contributed by atoms with Crippen molar-refractivity contribution in [3.8, 4) is 17.0 Å². The van der Waals surface area contributed by atoms with Gasteiger partial charge in [0.25, 0.3) is 5.69 Å². The van der Waals surface area contributed by atoms with Gasteiger partial charge in [0.05, 0.1) is 23.9 Å². The van der Waals surface area contributed by atoms with Crippen LogP contribution >= 0.6 is 11.3 Å². The van der Waals surface area contributed by atoms with Crippen molar-refractivity contribution in [2.45, 2.75) is 56.9 Å². The Bertz CT molecular complexity index is 1200. The first-order valence-corrected chi connectivity index (χ1v) is 12.9. The summed E-state index contributed by atoms with van der Waals surface area (Å²) in [6.07, 6.45) is 7.10. The Hall–Kier alpha value is -3.53. The van der Waals surface area contributed by atoms with Crippen LogP contribution in [-0.4, -0.2) is 40.0 Å². The van der Waals surface area contributed by atoms with Crippen molar-refractivity contribution in [3.63, 3.8) is 0 Å². The molecule has 2 heterocycles. The van der Waals surface area contributed by atoms with Crippen molar-refractivity contribution in [1.82, 2.24) is 15.3 Å². The minimum Gasteiger partial charge on any atom is -0.495 e. The zero-order valence-corrected chi connectivity index (χ0v) is 21.6. The quantitative estimate of drug-likeness (QED) is 0.295. The number of nitro benzene ring substituents is 1. The van der Waals surface area contributed by atoms with E-state index >= 15 is 0 Å². The van der Waals surface area contributed by atoms with Gasteiger partial charge in [-0.2, -0.15) is 0 Å². The number of nitro groups is 1. The number of nitrogens with one attached hydrogen (secondary N) is 2.